The number of amides is 1. The molecule has 0 bridgehead atoms. The van der Waals surface area contributed by atoms with E-state index >= 15 is 0 Å². The second kappa shape index (κ2) is 5.02. The molecule has 0 atom stereocenters. The van der Waals surface area contributed by atoms with Crippen molar-refractivity contribution in [2.75, 3.05) is 4.90 Å². The van der Waals surface area contributed by atoms with E-state index in [9.17, 15) is 4.79 Å². The van der Waals surface area contributed by atoms with Crippen LogP contribution in [0.2, 0.25) is 0 Å². The summed E-state index contributed by atoms with van der Waals surface area (Å²) < 4.78 is 0. The van der Waals surface area contributed by atoms with Gasteiger partial charge in [0.2, 0.25) is 0 Å². The Morgan fingerprint density at radius 1 is 1.00 bits per heavy atom. The summed E-state index contributed by atoms with van der Waals surface area (Å²) in [5.41, 5.74) is 2.57. The first-order chi connectivity index (χ1) is 8.20. The standard InChI is InChI=1S/C14H12ClNO/c1-11-7-5-6-10-13(11)16(14(15)17)12-8-3-2-4-9-12/h2-10H,1H3. The van der Waals surface area contributed by atoms with Crippen molar-refractivity contribution in [3.63, 3.8) is 0 Å². The average molecular weight is 246 g/mol. The maximum atomic E-state index is 11.6. The Morgan fingerprint density at radius 3 is 2.18 bits per heavy atom. The van der Waals surface area contributed by atoms with Crippen molar-refractivity contribution in [3.05, 3.63) is 60.2 Å². The summed E-state index contributed by atoms with van der Waals surface area (Å²) in [6.45, 7) is 1.95. The molecule has 2 aromatic carbocycles. The van der Waals surface area contributed by atoms with Crippen molar-refractivity contribution in [2.24, 2.45) is 0 Å². The van der Waals surface area contributed by atoms with Gasteiger partial charge in [0.05, 0.1) is 11.4 Å². The molecule has 2 nitrogen and oxygen atoms in total. The molecule has 2 rings (SSSR count). The van der Waals surface area contributed by atoms with Crippen LogP contribution in [-0.2, 0) is 0 Å². The predicted molar refractivity (Wildman–Crippen MR) is 71.0 cm³/mol. The van der Waals surface area contributed by atoms with Gasteiger partial charge in [-0.3, -0.25) is 9.69 Å². The van der Waals surface area contributed by atoms with Crippen LogP contribution in [0, 0.1) is 6.92 Å². The summed E-state index contributed by atoms with van der Waals surface area (Å²) in [5.74, 6) is 0. The summed E-state index contributed by atoms with van der Waals surface area (Å²) in [7, 11) is 0. The van der Waals surface area contributed by atoms with Crippen molar-refractivity contribution in [2.45, 2.75) is 6.92 Å². The lowest BCUT2D eigenvalue weighted by molar-refractivity contribution is 0.266. The smallest absolute Gasteiger partial charge is 0.267 e. The molecule has 0 fully saturated rings. The average Bonchev–Trinajstić information content (AvgIpc) is 2.33. The zero-order valence-electron chi connectivity index (χ0n) is 9.43. The molecule has 0 spiro atoms. The molecule has 17 heavy (non-hydrogen) atoms. The van der Waals surface area contributed by atoms with Gasteiger partial charge >= 0.3 is 5.37 Å². The number of rotatable bonds is 2. The summed E-state index contributed by atoms with van der Waals surface area (Å²) >= 11 is 5.67. The van der Waals surface area contributed by atoms with Crippen molar-refractivity contribution in [3.8, 4) is 0 Å². The lowest BCUT2D eigenvalue weighted by Gasteiger charge is -2.21. The molecule has 1 amide bonds. The lowest BCUT2D eigenvalue weighted by Crippen LogP contribution is -2.20. The third-order valence-corrected chi connectivity index (χ3v) is 2.72. The first-order valence-corrected chi connectivity index (χ1v) is 5.68. The first-order valence-electron chi connectivity index (χ1n) is 5.30. The molecule has 0 N–H and O–H groups in total. The fraction of sp³-hybridized carbons (Fsp3) is 0.0714. The molecule has 0 aliphatic carbocycles. The maximum absolute atomic E-state index is 11.6. The molecule has 0 aliphatic heterocycles. The topological polar surface area (TPSA) is 20.3 Å². The van der Waals surface area contributed by atoms with Gasteiger partial charge in [-0.15, -0.1) is 0 Å². The second-order valence-electron chi connectivity index (χ2n) is 3.71. The van der Waals surface area contributed by atoms with Crippen LogP contribution in [-0.4, -0.2) is 5.37 Å². The van der Waals surface area contributed by atoms with Crippen LogP contribution in [0.5, 0.6) is 0 Å². The molecule has 0 saturated carbocycles. The highest BCUT2D eigenvalue weighted by atomic mass is 35.5. The summed E-state index contributed by atoms with van der Waals surface area (Å²) in [6, 6.07) is 17.0. The Hall–Kier alpha value is -1.80. The van der Waals surface area contributed by atoms with Crippen LogP contribution in [0.3, 0.4) is 0 Å². The van der Waals surface area contributed by atoms with Gasteiger partial charge in [-0.25, -0.2) is 0 Å². The second-order valence-corrected chi connectivity index (χ2v) is 4.03. The van der Waals surface area contributed by atoms with Crippen molar-refractivity contribution in [1.29, 1.82) is 0 Å². The maximum Gasteiger partial charge on any atom is 0.325 e. The highest BCUT2D eigenvalue weighted by Gasteiger charge is 2.16. The van der Waals surface area contributed by atoms with E-state index < -0.39 is 5.37 Å². The van der Waals surface area contributed by atoms with Crippen LogP contribution in [0.25, 0.3) is 0 Å². The number of nitrogens with zero attached hydrogens (tertiary/aromatic N) is 1. The Kier molecular flexibility index (Phi) is 3.45. The molecule has 0 unspecified atom stereocenters. The zero-order chi connectivity index (χ0) is 12.3. The van der Waals surface area contributed by atoms with Crippen LogP contribution in [0.4, 0.5) is 16.2 Å². The molecule has 0 radical (unpaired) electrons. The minimum atomic E-state index is -0.509. The molecule has 3 heteroatoms. The number of hydrogen-bond acceptors (Lipinski definition) is 1. The van der Waals surface area contributed by atoms with Crippen LogP contribution in [0.15, 0.2) is 54.6 Å². The van der Waals surface area contributed by atoms with Crippen molar-refractivity contribution in [1.82, 2.24) is 0 Å². The quantitative estimate of drug-likeness (QED) is 0.564. The van der Waals surface area contributed by atoms with Gasteiger partial charge < -0.3 is 0 Å². The zero-order valence-corrected chi connectivity index (χ0v) is 10.2. The fourth-order valence-electron chi connectivity index (χ4n) is 1.73. The number of benzene rings is 2. The van der Waals surface area contributed by atoms with Crippen LogP contribution < -0.4 is 4.90 Å². The minimum absolute atomic E-state index is 0.509. The lowest BCUT2D eigenvalue weighted by atomic mass is 10.1. The van der Waals surface area contributed by atoms with Gasteiger partial charge in [-0.05, 0) is 42.3 Å². The Morgan fingerprint density at radius 2 is 1.59 bits per heavy atom. The van der Waals surface area contributed by atoms with Crippen LogP contribution in [0.1, 0.15) is 5.56 Å². The van der Waals surface area contributed by atoms with Crippen LogP contribution >= 0.6 is 11.6 Å². The molecule has 86 valence electrons. The highest BCUT2D eigenvalue weighted by Crippen LogP contribution is 2.29. The molecule has 0 heterocycles. The van der Waals surface area contributed by atoms with E-state index in [-0.39, 0.29) is 0 Å². The minimum Gasteiger partial charge on any atom is -0.267 e. The van der Waals surface area contributed by atoms with E-state index in [1.165, 1.54) is 4.90 Å². The Balaban J connectivity index is 2.51. The fourth-order valence-corrected chi connectivity index (χ4v) is 1.92. The van der Waals surface area contributed by atoms with Crippen molar-refractivity contribution >= 4 is 28.3 Å². The summed E-state index contributed by atoms with van der Waals surface area (Å²) in [4.78, 5) is 13.1. The van der Waals surface area contributed by atoms with E-state index in [1.807, 2.05) is 61.5 Å². The van der Waals surface area contributed by atoms with E-state index in [0.717, 1.165) is 16.9 Å². The first kappa shape index (κ1) is 11.7. The molecule has 2 aromatic rings. The SMILES string of the molecule is Cc1ccccc1N(C(=O)Cl)c1ccccc1. The van der Waals surface area contributed by atoms with Gasteiger partial charge in [0.25, 0.3) is 0 Å². The van der Waals surface area contributed by atoms with E-state index in [1.54, 1.807) is 0 Å². The Bertz CT molecular complexity index is 525. The number of carbonyl (C=O) groups excluding carboxylic acids is 1. The number of hydrogen-bond donors (Lipinski definition) is 0. The number of para-hydroxylation sites is 2. The molecular formula is C14H12ClNO. The van der Waals surface area contributed by atoms with E-state index in [4.69, 9.17) is 11.6 Å². The molecule has 0 aromatic heterocycles. The third kappa shape index (κ3) is 2.48. The van der Waals surface area contributed by atoms with Crippen molar-refractivity contribution < 1.29 is 4.79 Å². The molecule has 0 saturated heterocycles. The van der Waals surface area contributed by atoms with Gasteiger partial charge in [-0.1, -0.05) is 36.4 Å². The molecular weight excluding hydrogens is 234 g/mol. The summed E-state index contributed by atoms with van der Waals surface area (Å²) in [5, 5.41) is -0.509. The highest BCUT2D eigenvalue weighted by molar-refractivity contribution is 6.67. The van der Waals surface area contributed by atoms with Gasteiger partial charge in [0.1, 0.15) is 0 Å². The third-order valence-electron chi connectivity index (χ3n) is 2.55. The number of anilines is 2. The van der Waals surface area contributed by atoms with Gasteiger partial charge in [0, 0.05) is 0 Å². The van der Waals surface area contributed by atoms with E-state index in [2.05, 4.69) is 0 Å². The van der Waals surface area contributed by atoms with Gasteiger partial charge in [-0.2, -0.15) is 0 Å². The Labute approximate surface area is 105 Å². The number of aryl methyl sites for hydroxylation is 1. The summed E-state index contributed by atoms with van der Waals surface area (Å²) in [6.07, 6.45) is 0. The normalized spacial score (nSPS) is 10.0. The predicted octanol–water partition coefficient (Wildman–Crippen LogP) is 4.49. The van der Waals surface area contributed by atoms with Gasteiger partial charge in [0.15, 0.2) is 0 Å². The van der Waals surface area contributed by atoms with E-state index in [0.29, 0.717) is 0 Å². The molecule has 0 aliphatic rings. The number of carbonyl (C=O) groups is 1. The largest absolute Gasteiger partial charge is 0.325 e. The number of halogens is 1. The monoisotopic (exact) mass is 245 g/mol.